The van der Waals surface area contributed by atoms with Gasteiger partial charge in [0.05, 0.1) is 0 Å². The number of aliphatic hydroxyl groups is 1. The number of hydrogen-bond acceptors (Lipinski definition) is 3. The van der Waals surface area contributed by atoms with Gasteiger partial charge >= 0.3 is 0 Å². The van der Waals surface area contributed by atoms with E-state index in [4.69, 9.17) is 0 Å². The molecule has 1 aromatic carbocycles. The Labute approximate surface area is 84.4 Å². The number of benzene rings is 1. The molecule has 76 valence electrons. The molecule has 0 amide bonds. The van der Waals surface area contributed by atoms with Gasteiger partial charge in [-0.3, -0.25) is 5.32 Å². The van der Waals surface area contributed by atoms with E-state index in [0.29, 0.717) is 0 Å². The first-order chi connectivity index (χ1) is 6.68. The van der Waals surface area contributed by atoms with Crippen molar-refractivity contribution in [3.63, 3.8) is 0 Å². The summed E-state index contributed by atoms with van der Waals surface area (Å²) >= 11 is 0. The van der Waals surface area contributed by atoms with Gasteiger partial charge in [0.25, 0.3) is 0 Å². The minimum absolute atomic E-state index is 0.491. The molecule has 1 aromatic rings. The molecule has 3 heteroatoms. The molecule has 2 rings (SSSR count). The van der Waals surface area contributed by atoms with Crippen molar-refractivity contribution in [3.8, 4) is 0 Å². The Hall–Kier alpha value is -1.06. The third-order valence-electron chi connectivity index (χ3n) is 2.67. The summed E-state index contributed by atoms with van der Waals surface area (Å²) in [7, 11) is 4.05. The Morgan fingerprint density at radius 2 is 2.21 bits per heavy atom. The summed E-state index contributed by atoms with van der Waals surface area (Å²) in [6.07, 6.45) is 0.503. The van der Waals surface area contributed by atoms with Crippen LogP contribution in [0, 0.1) is 0 Å². The van der Waals surface area contributed by atoms with Gasteiger partial charge in [-0.15, -0.1) is 0 Å². The van der Waals surface area contributed by atoms with E-state index in [-0.39, 0.29) is 0 Å². The van der Waals surface area contributed by atoms with Crippen LogP contribution in [0.5, 0.6) is 0 Å². The molecule has 0 aromatic heterocycles. The zero-order valence-electron chi connectivity index (χ0n) is 8.62. The lowest BCUT2D eigenvalue weighted by atomic mass is 9.99. The summed E-state index contributed by atoms with van der Waals surface area (Å²) in [5.41, 5.74) is 3.46. The number of aliphatic hydroxyl groups excluding tert-OH is 1. The Morgan fingerprint density at radius 1 is 1.43 bits per heavy atom. The first-order valence-electron chi connectivity index (χ1n) is 4.90. The monoisotopic (exact) mass is 192 g/mol. The van der Waals surface area contributed by atoms with Crippen LogP contribution in [0.2, 0.25) is 0 Å². The van der Waals surface area contributed by atoms with Crippen LogP contribution in [0.3, 0.4) is 0 Å². The van der Waals surface area contributed by atoms with Crippen molar-refractivity contribution >= 4 is 5.69 Å². The molecule has 1 unspecified atom stereocenters. The van der Waals surface area contributed by atoms with Gasteiger partial charge in [-0.05, 0) is 29.7 Å². The smallest absolute Gasteiger partial charge is 0.131 e. The van der Waals surface area contributed by atoms with Crippen molar-refractivity contribution in [2.75, 3.05) is 25.5 Å². The highest BCUT2D eigenvalue weighted by molar-refractivity contribution is 5.51. The van der Waals surface area contributed by atoms with Crippen molar-refractivity contribution in [1.82, 2.24) is 5.32 Å². The highest BCUT2D eigenvalue weighted by Crippen LogP contribution is 2.25. The van der Waals surface area contributed by atoms with Gasteiger partial charge in [0, 0.05) is 26.3 Å². The number of hydrogen-bond donors (Lipinski definition) is 2. The predicted molar refractivity (Wildman–Crippen MR) is 57.4 cm³/mol. The standard InChI is InChI=1S/C11H16N2O/c1-13(2)9-3-4-10-8(7-9)5-6-12-11(10)14/h3-4,7,11-12,14H,5-6H2,1-2H3. The molecule has 1 aliphatic heterocycles. The minimum Gasteiger partial charge on any atom is -0.378 e. The fourth-order valence-corrected chi connectivity index (χ4v) is 1.81. The average molecular weight is 192 g/mol. The molecule has 0 fully saturated rings. The molecule has 0 spiro atoms. The summed E-state index contributed by atoms with van der Waals surface area (Å²) in [6, 6.07) is 6.19. The second-order valence-electron chi connectivity index (χ2n) is 3.88. The maximum absolute atomic E-state index is 9.67. The van der Waals surface area contributed by atoms with Crippen molar-refractivity contribution in [3.05, 3.63) is 29.3 Å². The van der Waals surface area contributed by atoms with Crippen molar-refractivity contribution in [1.29, 1.82) is 0 Å². The van der Waals surface area contributed by atoms with Gasteiger partial charge in [-0.25, -0.2) is 0 Å². The molecule has 0 saturated carbocycles. The fraction of sp³-hybridized carbons (Fsp3) is 0.455. The number of nitrogens with one attached hydrogen (secondary N) is 1. The molecule has 0 aliphatic carbocycles. The number of rotatable bonds is 1. The topological polar surface area (TPSA) is 35.5 Å². The molecule has 1 aliphatic rings. The predicted octanol–water partition coefficient (Wildman–Crippen LogP) is 0.889. The van der Waals surface area contributed by atoms with E-state index in [1.165, 1.54) is 11.3 Å². The molecule has 3 nitrogen and oxygen atoms in total. The third kappa shape index (κ3) is 1.61. The highest BCUT2D eigenvalue weighted by Gasteiger charge is 2.17. The molecule has 1 heterocycles. The molecule has 0 saturated heterocycles. The van der Waals surface area contributed by atoms with Gasteiger partial charge in [-0.2, -0.15) is 0 Å². The Bertz CT molecular complexity index is 336. The highest BCUT2D eigenvalue weighted by atomic mass is 16.3. The van der Waals surface area contributed by atoms with E-state index in [0.717, 1.165) is 18.5 Å². The van der Waals surface area contributed by atoms with Crippen LogP contribution in [0.15, 0.2) is 18.2 Å². The first kappa shape index (κ1) is 9.49. The molecular weight excluding hydrogens is 176 g/mol. The van der Waals surface area contributed by atoms with Crippen molar-refractivity contribution in [2.45, 2.75) is 12.6 Å². The maximum atomic E-state index is 9.67. The van der Waals surface area contributed by atoms with Crippen molar-refractivity contribution < 1.29 is 5.11 Å². The van der Waals surface area contributed by atoms with Crippen LogP contribution in [0.1, 0.15) is 17.4 Å². The summed E-state index contributed by atoms with van der Waals surface area (Å²) in [5, 5.41) is 12.7. The Kier molecular flexibility index (Phi) is 2.44. The van der Waals surface area contributed by atoms with E-state index < -0.39 is 6.23 Å². The van der Waals surface area contributed by atoms with Crippen LogP contribution in [-0.2, 0) is 6.42 Å². The van der Waals surface area contributed by atoms with E-state index in [2.05, 4.69) is 16.3 Å². The Balaban J connectivity index is 2.39. The Morgan fingerprint density at radius 3 is 2.93 bits per heavy atom. The van der Waals surface area contributed by atoms with E-state index in [1.807, 2.05) is 26.2 Å². The lowest BCUT2D eigenvalue weighted by Crippen LogP contribution is -2.29. The van der Waals surface area contributed by atoms with E-state index >= 15 is 0 Å². The number of nitrogens with zero attached hydrogens (tertiary/aromatic N) is 1. The molecule has 0 radical (unpaired) electrons. The zero-order valence-corrected chi connectivity index (χ0v) is 8.62. The van der Waals surface area contributed by atoms with Crippen LogP contribution in [-0.4, -0.2) is 25.7 Å². The first-order valence-corrected chi connectivity index (χ1v) is 4.90. The van der Waals surface area contributed by atoms with Crippen LogP contribution in [0.25, 0.3) is 0 Å². The fourth-order valence-electron chi connectivity index (χ4n) is 1.81. The summed E-state index contributed by atoms with van der Waals surface area (Å²) in [5.74, 6) is 0. The molecule has 14 heavy (non-hydrogen) atoms. The molecular formula is C11H16N2O. The van der Waals surface area contributed by atoms with Crippen molar-refractivity contribution in [2.24, 2.45) is 0 Å². The SMILES string of the molecule is CN(C)c1ccc2c(c1)CCNC2O. The quantitative estimate of drug-likeness (QED) is 0.693. The van der Waals surface area contributed by atoms with Gasteiger partial charge in [0.1, 0.15) is 6.23 Å². The molecule has 0 bridgehead atoms. The van der Waals surface area contributed by atoms with Gasteiger partial charge < -0.3 is 10.0 Å². The normalized spacial score (nSPS) is 20.4. The molecule has 1 atom stereocenters. The summed E-state index contributed by atoms with van der Waals surface area (Å²) in [4.78, 5) is 2.08. The van der Waals surface area contributed by atoms with E-state index in [1.54, 1.807) is 0 Å². The van der Waals surface area contributed by atoms with Crippen LogP contribution < -0.4 is 10.2 Å². The minimum atomic E-state index is -0.491. The van der Waals surface area contributed by atoms with Gasteiger partial charge in [0.15, 0.2) is 0 Å². The second kappa shape index (κ2) is 3.59. The maximum Gasteiger partial charge on any atom is 0.131 e. The third-order valence-corrected chi connectivity index (χ3v) is 2.67. The second-order valence-corrected chi connectivity index (χ2v) is 3.88. The molecule has 2 N–H and O–H groups in total. The van der Waals surface area contributed by atoms with Gasteiger partial charge in [-0.1, -0.05) is 6.07 Å². The van der Waals surface area contributed by atoms with Gasteiger partial charge in [0.2, 0.25) is 0 Å². The van der Waals surface area contributed by atoms with Crippen LogP contribution in [0.4, 0.5) is 5.69 Å². The average Bonchev–Trinajstić information content (AvgIpc) is 2.17. The zero-order chi connectivity index (χ0) is 10.1. The number of anilines is 1. The summed E-state index contributed by atoms with van der Waals surface area (Å²) < 4.78 is 0. The lowest BCUT2D eigenvalue weighted by molar-refractivity contribution is 0.132. The van der Waals surface area contributed by atoms with Crippen LogP contribution >= 0.6 is 0 Å². The largest absolute Gasteiger partial charge is 0.378 e. The summed E-state index contributed by atoms with van der Waals surface area (Å²) in [6.45, 7) is 0.852. The van der Waals surface area contributed by atoms with E-state index in [9.17, 15) is 5.11 Å². The lowest BCUT2D eigenvalue weighted by Gasteiger charge is -2.24. The number of fused-ring (bicyclic) bond motifs is 1.